The summed E-state index contributed by atoms with van der Waals surface area (Å²) in [5, 5.41) is 18.6. The third-order valence-corrected chi connectivity index (χ3v) is 2.89. The van der Waals surface area contributed by atoms with Gasteiger partial charge in [0.25, 0.3) is 0 Å². The third kappa shape index (κ3) is 3.12. The quantitative estimate of drug-likeness (QED) is 0.623. The zero-order valence-electron chi connectivity index (χ0n) is 10.4. The molecule has 1 aromatic carbocycles. The lowest BCUT2D eigenvalue weighted by atomic mass is 9.97. The molecule has 1 aromatic rings. The minimum Gasteiger partial charge on any atom is -0.504 e. The third-order valence-electron chi connectivity index (χ3n) is 2.89. The van der Waals surface area contributed by atoms with E-state index in [1.54, 1.807) is 6.07 Å². The van der Waals surface area contributed by atoms with Crippen LogP contribution >= 0.6 is 0 Å². The highest BCUT2D eigenvalue weighted by Crippen LogP contribution is 2.35. The largest absolute Gasteiger partial charge is 0.511 e. The molecular formula is C13H18O4. The maximum Gasteiger partial charge on any atom is 0.511 e. The Morgan fingerprint density at radius 3 is 2.59 bits per heavy atom. The Labute approximate surface area is 101 Å². The van der Waals surface area contributed by atoms with E-state index in [-0.39, 0.29) is 11.5 Å². The number of carbonyl (C=O) groups is 1. The van der Waals surface area contributed by atoms with Gasteiger partial charge in [0, 0.05) is 5.56 Å². The lowest BCUT2D eigenvalue weighted by Crippen LogP contribution is -2.05. The van der Waals surface area contributed by atoms with Crippen LogP contribution in [0, 0.1) is 13.8 Å². The molecule has 0 amide bonds. The van der Waals surface area contributed by atoms with Crippen molar-refractivity contribution in [2.75, 3.05) is 0 Å². The first-order valence-corrected chi connectivity index (χ1v) is 5.70. The predicted octanol–water partition coefficient (Wildman–Crippen LogP) is 3.41. The first-order valence-electron chi connectivity index (χ1n) is 5.70. The number of benzene rings is 1. The summed E-state index contributed by atoms with van der Waals surface area (Å²) in [6, 6.07) is 1.55. The highest BCUT2D eigenvalue weighted by atomic mass is 16.7. The van der Waals surface area contributed by atoms with E-state index in [9.17, 15) is 9.90 Å². The first kappa shape index (κ1) is 13.4. The number of phenols is 1. The van der Waals surface area contributed by atoms with Gasteiger partial charge in [-0.25, -0.2) is 4.79 Å². The Hall–Kier alpha value is -1.71. The van der Waals surface area contributed by atoms with Crippen molar-refractivity contribution in [2.45, 2.75) is 40.0 Å². The van der Waals surface area contributed by atoms with E-state index < -0.39 is 6.16 Å². The van der Waals surface area contributed by atoms with E-state index in [0.29, 0.717) is 0 Å². The molecule has 0 aliphatic heterocycles. The first-order chi connectivity index (χ1) is 7.97. The summed E-state index contributed by atoms with van der Waals surface area (Å²) in [6.07, 6.45) is 1.28. The number of carboxylic acid groups (broad SMARTS) is 1. The average molecular weight is 238 g/mol. The van der Waals surface area contributed by atoms with Gasteiger partial charge in [0.15, 0.2) is 11.5 Å². The molecule has 0 aliphatic carbocycles. The molecule has 0 unspecified atom stereocenters. The zero-order chi connectivity index (χ0) is 13.0. The van der Waals surface area contributed by atoms with Crippen LogP contribution in [0.3, 0.4) is 0 Å². The van der Waals surface area contributed by atoms with Crippen LogP contribution in [-0.4, -0.2) is 16.4 Å². The van der Waals surface area contributed by atoms with E-state index >= 15 is 0 Å². The number of hydrogen-bond acceptors (Lipinski definition) is 3. The molecule has 1 rings (SSSR count). The maximum atomic E-state index is 10.5. The van der Waals surface area contributed by atoms with E-state index in [0.717, 1.165) is 36.0 Å². The molecule has 94 valence electrons. The molecule has 4 heteroatoms. The van der Waals surface area contributed by atoms with E-state index in [4.69, 9.17) is 5.11 Å². The Morgan fingerprint density at radius 2 is 2.06 bits per heavy atom. The van der Waals surface area contributed by atoms with Gasteiger partial charge in [0.1, 0.15) is 0 Å². The molecule has 2 N–H and O–H groups in total. The van der Waals surface area contributed by atoms with Crippen LogP contribution in [0.4, 0.5) is 4.79 Å². The molecule has 0 saturated heterocycles. The second kappa shape index (κ2) is 5.57. The van der Waals surface area contributed by atoms with Gasteiger partial charge < -0.3 is 14.9 Å². The molecule has 0 aromatic heterocycles. The van der Waals surface area contributed by atoms with Crippen LogP contribution in [0.2, 0.25) is 0 Å². The van der Waals surface area contributed by atoms with E-state index in [1.165, 1.54) is 0 Å². The molecule has 0 saturated carbocycles. The molecule has 0 fully saturated rings. The number of ether oxygens (including phenoxy) is 1. The number of phenolic OH excluding ortho intramolecular Hbond substituents is 1. The van der Waals surface area contributed by atoms with Crippen LogP contribution in [0.15, 0.2) is 6.07 Å². The molecule has 0 radical (unpaired) electrons. The van der Waals surface area contributed by atoms with Crippen LogP contribution in [0.25, 0.3) is 0 Å². The zero-order valence-corrected chi connectivity index (χ0v) is 10.4. The van der Waals surface area contributed by atoms with Crippen molar-refractivity contribution in [3.63, 3.8) is 0 Å². The Balaban J connectivity index is 3.17. The van der Waals surface area contributed by atoms with Crippen molar-refractivity contribution >= 4 is 6.16 Å². The number of hydrogen-bond donors (Lipinski definition) is 2. The molecule has 0 spiro atoms. The van der Waals surface area contributed by atoms with Gasteiger partial charge in [-0.2, -0.15) is 0 Å². The summed E-state index contributed by atoms with van der Waals surface area (Å²) in [6.45, 7) is 5.86. The van der Waals surface area contributed by atoms with Crippen molar-refractivity contribution in [3.05, 3.63) is 22.8 Å². The van der Waals surface area contributed by atoms with Gasteiger partial charge in [-0.05, 0) is 43.9 Å². The van der Waals surface area contributed by atoms with Gasteiger partial charge in [-0.1, -0.05) is 13.3 Å². The number of aromatic hydroxyl groups is 1. The van der Waals surface area contributed by atoms with Gasteiger partial charge in [-0.3, -0.25) is 0 Å². The van der Waals surface area contributed by atoms with Gasteiger partial charge in [-0.15, -0.1) is 0 Å². The Bertz CT molecular complexity index is 424. The summed E-state index contributed by atoms with van der Waals surface area (Å²) >= 11 is 0. The fourth-order valence-electron chi connectivity index (χ4n) is 1.77. The monoisotopic (exact) mass is 238 g/mol. The van der Waals surface area contributed by atoms with Crippen LogP contribution < -0.4 is 4.74 Å². The number of aryl methyl sites for hydroxylation is 1. The summed E-state index contributed by atoms with van der Waals surface area (Å²) in [5.74, 6) is -0.0318. The van der Waals surface area contributed by atoms with Crippen LogP contribution in [0.5, 0.6) is 11.5 Å². The summed E-state index contributed by atoms with van der Waals surface area (Å²) in [7, 11) is 0. The molecule has 17 heavy (non-hydrogen) atoms. The number of rotatable bonds is 4. The predicted molar refractivity (Wildman–Crippen MR) is 64.8 cm³/mol. The average Bonchev–Trinajstić information content (AvgIpc) is 2.25. The molecule has 0 bridgehead atoms. The Morgan fingerprint density at radius 1 is 1.41 bits per heavy atom. The molecular weight excluding hydrogens is 220 g/mol. The summed E-state index contributed by atoms with van der Waals surface area (Å²) < 4.78 is 4.57. The van der Waals surface area contributed by atoms with Crippen molar-refractivity contribution in [3.8, 4) is 11.5 Å². The molecule has 0 aliphatic rings. The van der Waals surface area contributed by atoms with E-state index in [1.807, 2.05) is 13.8 Å². The summed E-state index contributed by atoms with van der Waals surface area (Å²) in [5.41, 5.74) is 2.70. The molecule has 0 heterocycles. The van der Waals surface area contributed by atoms with Crippen molar-refractivity contribution in [1.29, 1.82) is 0 Å². The number of unbranched alkanes of at least 4 members (excludes halogenated alkanes) is 1. The normalized spacial score (nSPS) is 10.3. The standard InChI is InChI=1S/C13H18O4/c1-4-5-6-10-9(3)8(2)7-11(12(10)14)17-13(15)16/h7,14H,4-6H2,1-3H3,(H,15,16). The lowest BCUT2D eigenvalue weighted by Gasteiger charge is -2.14. The topological polar surface area (TPSA) is 66.8 Å². The Kier molecular flexibility index (Phi) is 4.37. The van der Waals surface area contributed by atoms with Crippen molar-refractivity contribution < 1.29 is 19.7 Å². The second-order valence-corrected chi connectivity index (χ2v) is 4.12. The molecule has 0 atom stereocenters. The minimum atomic E-state index is -1.41. The fourth-order valence-corrected chi connectivity index (χ4v) is 1.77. The van der Waals surface area contributed by atoms with Crippen LogP contribution in [-0.2, 0) is 6.42 Å². The fraction of sp³-hybridized carbons (Fsp3) is 0.462. The van der Waals surface area contributed by atoms with Gasteiger partial charge >= 0.3 is 6.16 Å². The van der Waals surface area contributed by atoms with Gasteiger partial charge in [0.05, 0.1) is 0 Å². The van der Waals surface area contributed by atoms with Crippen molar-refractivity contribution in [2.24, 2.45) is 0 Å². The smallest absolute Gasteiger partial charge is 0.504 e. The molecule has 4 nitrogen and oxygen atoms in total. The maximum absolute atomic E-state index is 10.5. The SMILES string of the molecule is CCCCc1c(C)c(C)cc(OC(=O)O)c1O. The highest BCUT2D eigenvalue weighted by molar-refractivity contribution is 5.65. The second-order valence-electron chi connectivity index (χ2n) is 4.12. The highest BCUT2D eigenvalue weighted by Gasteiger charge is 2.15. The van der Waals surface area contributed by atoms with E-state index in [2.05, 4.69) is 11.7 Å². The lowest BCUT2D eigenvalue weighted by molar-refractivity contribution is 0.142. The van der Waals surface area contributed by atoms with Gasteiger partial charge in [0.2, 0.25) is 0 Å². The van der Waals surface area contributed by atoms with Crippen molar-refractivity contribution in [1.82, 2.24) is 0 Å². The minimum absolute atomic E-state index is 0.0201. The van der Waals surface area contributed by atoms with Crippen LogP contribution in [0.1, 0.15) is 36.5 Å². The summed E-state index contributed by atoms with van der Waals surface area (Å²) in [4.78, 5) is 10.5.